The third-order valence-corrected chi connectivity index (χ3v) is 4.25. The van der Waals surface area contributed by atoms with Crippen LogP contribution in [0, 0.1) is 5.92 Å². The standard InChI is InChI=1S/C17H26N2O4/c1-11-7-12(5-6-18-11)17(20)19-10-14-15(22-3)8-13(21-2)9-16(14)23-4/h8-9,11-12,18H,5-7,10H2,1-4H3,(H,19,20)/t11-,12-/m0/s1. The highest BCUT2D eigenvalue weighted by atomic mass is 16.5. The molecule has 1 saturated heterocycles. The number of benzene rings is 1. The maximum Gasteiger partial charge on any atom is 0.223 e. The molecule has 0 aromatic heterocycles. The normalized spacial score (nSPS) is 20.7. The fraction of sp³-hybridized carbons (Fsp3) is 0.588. The molecule has 1 amide bonds. The average molecular weight is 322 g/mol. The van der Waals surface area contributed by atoms with Crippen LogP contribution in [-0.4, -0.2) is 39.8 Å². The Hall–Kier alpha value is -1.95. The van der Waals surface area contributed by atoms with Crippen LogP contribution in [0.15, 0.2) is 12.1 Å². The molecule has 1 aliphatic heterocycles. The van der Waals surface area contributed by atoms with E-state index >= 15 is 0 Å². The largest absolute Gasteiger partial charge is 0.496 e. The molecule has 2 N–H and O–H groups in total. The Morgan fingerprint density at radius 3 is 2.39 bits per heavy atom. The lowest BCUT2D eigenvalue weighted by atomic mass is 9.92. The molecule has 0 bridgehead atoms. The first-order valence-electron chi connectivity index (χ1n) is 7.89. The first-order valence-corrected chi connectivity index (χ1v) is 7.89. The van der Waals surface area contributed by atoms with Gasteiger partial charge in [0.05, 0.1) is 33.4 Å². The first-order chi connectivity index (χ1) is 11.1. The number of hydrogen-bond donors (Lipinski definition) is 2. The third kappa shape index (κ3) is 4.28. The molecule has 6 nitrogen and oxygen atoms in total. The van der Waals surface area contributed by atoms with Gasteiger partial charge in [0.2, 0.25) is 5.91 Å². The van der Waals surface area contributed by atoms with Gasteiger partial charge in [-0.1, -0.05) is 0 Å². The van der Waals surface area contributed by atoms with Crippen LogP contribution in [0.25, 0.3) is 0 Å². The van der Waals surface area contributed by atoms with Crippen molar-refractivity contribution in [1.29, 1.82) is 0 Å². The number of nitrogens with one attached hydrogen (secondary N) is 2. The summed E-state index contributed by atoms with van der Waals surface area (Å²) in [5, 5.41) is 6.36. The highest BCUT2D eigenvalue weighted by molar-refractivity contribution is 5.79. The van der Waals surface area contributed by atoms with Crippen LogP contribution < -0.4 is 24.8 Å². The topological polar surface area (TPSA) is 68.8 Å². The summed E-state index contributed by atoms with van der Waals surface area (Å²) in [6.07, 6.45) is 1.73. The van der Waals surface area contributed by atoms with Crippen LogP contribution in [-0.2, 0) is 11.3 Å². The quantitative estimate of drug-likeness (QED) is 0.834. The third-order valence-electron chi connectivity index (χ3n) is 4.25. The highest BCUT2D eigenvalue weighted by Gasteiger charge is 2.25. The molecule has 1 heterocycles. The summed E-state index contributed by atoms with van der Waals surface area (Å²) in [7, 11) is 4.77. The van der Waals surface area contributed by atoms with Crippen molar-refractivity contribution in [3.63, 3.8) is 0 Å². The molecular weight excluding hydrogens is 296 g/mol. The highest BCUT2D eigenvalue weighted by Crippen LogP contribution is 2.34. The fourth-order valence-corrected chi connectivity index (χ4v) is 2.94. The summed E-state index contributed by atoms with van der Waals surface area (Å²) in [4.78, 5) is 12.4. The minimum absolute atomic E-state index is 0.0569. The number of carbonyl (C=O) groups excluding carboxylic acids is 1. The van der Waals surface area contributed by atoms with Crippen LogP contribution in [0.3, 0.4) is 0 Å². The van der Waals surface area contributed by atoms with Crippen LogP contribution in [0.1, 0.15) is 25.3 Å². The fourth-order valence-electron chi connectivity index (χ4n) is 2.94. The summed E-state index contributed by atoms with van der Waals surface area (Å²) in [5.41, 5.74) is 0.811. The van der Waals surface area contributed by atoms with Gasteiger partial charge >= 0.3 is 0 Å². The smallest absolute Gasteiger partial charge is 0.223 e. The molecule has 128 valence electrons. The number of rotatable bonds is 6. The van der Waals surface area contributed by atoms with E-state index in [9.17, 15) is 4.79 Å². The molecule has 1 fully saturated rings. The lowest BCUT2D eigenvalue weighted by molar-refractivity contribution is -0.126. The molecule has 0 saturated carbocycles. The minimum Gasteiger partial charge on any atom is -0.496 e. The molecule has 1 aromatic rings. The molecular formula is C17H26N2O4. The Kier molecular flexibility index (Phi) is 6.10. The zero-order chi connectivity index (χ0) is 16.8. The van der Waals surface area contributed by atoms with Gasteiger partial charge in [-0.3, -0.25) is 4.79 Å². The van der Waals surface area contributed by atoms with Gasteiger partial charge in [0, 0.05) is 24.1 Å². The number of carbonyl (C=O) groups is 1. The van der Waals surface area contributed by atoms with Crippen molar-refractivity contribution < 1.29 is 19.0 Å². The monoisotopic (exact) mass is 322 g/mol. The summed E-state index contributed by atoms with van der Waals surface area (Å²) < 4.78 is 16.0. The van der Waals surface area contributed by atoms with E-state index in [-0.39, 0.29) is 11.8 Å². The summed E-state index contributed by atoms with van der Waals surface area (Å²) in [6, 6.07) is 3.96. The molecule has 0 radical (unpaired) electrons. The number of hydrogen-bond acceptors (Lipinski definition) is 5. The van der Waals surface area contributed by atoms with E-state index in [4.69, 9.17) is 14.2 Å². The molecule has 1 aliphatic rings. The average Bonchev–Trinajstić information content (AvgIpc) is 2.58. The number of amides is 1. The van der Waals surface area contributed by atoms with E-state index in [1.807, 2.05) is 0 Å². The van der Waals surface area contributed by atoms with E-state index in [1.54, 1.807) is 33.5 Å². The van der Waals surface area contributed by atoms with Gasteiger partial charge in [0.15, 0.2) is 0 Å². The van der Waals surface area contributed by atoms with Crippen LogP contribution >= 0.6 is 0 Å². The van der Waals surface area contributed by atoms with Crippen molar-refractivity contribution in [3.05, 3.63) is 17.7 Å². The van der Waals surface area contributed by atoms with Gasteiger partial charge in [-0.15, -0.1) is 0 Å². The van der Waals surface area contributed by atoms with E-state index < -0.39 is 0 Å². The van der Waals surface area contributed by atoms with Gasteiger partial charge < -0.3 is 24.8 Å². The van der Waals surface area contributed by atoms with Crippen LogP contribution in [0.5, 0.6) is 17.2 Å². The second-order valence-corrected chi connectivity index (χ2v) is 5.80. The second-order valence-electron chi connectivity index (χ2n) is 5.80. The van der Waals surface area contributed by atoms with Gasteiger partial charge in [0.1, 0.15) is 17.2 Å². The zero-order valence-corrected chi connectivity index (χ0v) is 14.3. The molecule has 2 atom stereocenters. The van der Waals surface area contributed by atoms with Crippen molar-refractivity contribution in [1.82, 2.24) is 10.6 Å². The molecule has 0 unspecified atom stereocenters. The zero-order valence-electron chi connectivity index (χ0n) is 14.3. The molecule has 23 heavy (non-hydrogen) atoms. The molecule has 0 aliphatic carbocycles. The van der Waals surface area contributed by atoms with Gasteiger partial charge in [-0.25, -0.2) is 0 Å². The number of methoxy groups -OCH3 is 3. The first kappa shape index (κ1) is 17.4. The summed E-state index contributed by atoms with van der Waals surface area (Å²) in [6.45, 7) is 3.36. The Bertz CT molecular complexity index is 522. The summed E-state index contributed by atoms with van der Waals surface area (Å²) >= 11 is 0. The van der Waals surface area contributed by atoms with Crippen LogP contribution in [0.2, 0.25) is 0 Å². The van der Waals surface area contributed by atoms with Gasteiger partial charge in [-0.05, 0) is 26.3 Å². The van der Waals surface area contributed by atoms with Crippen molar-refractivity contribution in [2.75, 3.05) is 27.9 Å². The number of piperidine rings is 1. The SMILES string of the molecule is COc1cc(OC)c(CNC(=O)[C@H]2CCN[C@@H](C)C2)c(OC)c1. The van der Waals surface area contributed by atoms with Crippen molar-refractivity contribution in [2.45, 2.75) is 32.4 Å². The number of ether oxygens (including phenoxy) is 3. The van der Waals surface area contributed by atoms with E-state index in [0.29, 0.717) is 29.8 Å². The van der Waals surface area contributed by atoms with Crippen molar-refractivity contribution in [3.8, 4) is 17.2 Å². The summed E-state index contributed by atoms with van der Waals surface area (Å²) in [5.74, 6) is 2.07. The van der Waals surface area contributed by atoms with E-state index in [2.05, 4.69) is 17.6 Å². The Morgan fingerprint density at radius 2 is 1.87 bits per heavy atom. The van der Waals surface area contributed by atoms with Gasteiger partial charge in [0.25, 0.3) is 0 Å². The van der Waals surface area contributed by atoms with Crippen molar-refractivity contribution >= 4 is 5.91 Å². The molecule has 6 heteroatoms. The maximum absolute atomic E-state index is 12.4. The molecule has 0 spiro atoms. The molecule has 2 rings (SSSR count). The lowest BCUT2D eigenvalue weighted by Crippen LogP contribution is -2.42. The van der Waals surface area contributed by atoms with Gasteiger partial charge in [-0.2, -0.15) is 0 Å². The Balaban J connectivity index is 2.08. The van der Waals surface area contributed by atoms with Crippen molar-refractivity contribution in [2.24, 2.45) is 5.92 Å². The Labute approximate surface area is 137 Å². The molecule has 1 aromatic carbocycles. The maximum atomic E-state index is 12.4. The minimum atomic E-state index is 0.0569. The Morgan fingerprint density at radius 1 is 1.22 bits per heavy atom. The lowest BCUT2D eigenvalue weighted by Gasteiger charge is -2.27. The van der Waals surface area contributed by atoms with E-state index in [0.717, 1.165) is 24.9 Å². The second kappa shape index (κ2) is 8.06. The van der Waals surface area contributed by atoms with E-state index in [1.165, 1.54) is 0 Å². The van der Waals surface area contributed by atoms with Crippen LogP contribution in [0.4, 0.5) is 0 Å². The predicted octanol–water partition coefficient (Wildman–Crippen LogP) is 1.72. The predicted molar refractivity (Wildman–Crippen MR) is 88.1 cm³/mol.